The minimum absolute atomic E-state index is 0.102. The van der Waals surface area contributed by atoms with Crippen LogP contribution in [-0.2, 0) is 17.8 Å². The lowest BCUT2D eigenvalue weighted by molar-refractivity contribution is -0.121. The highest BCUT2D eigenvalue weighted by atomic mass is 35.5. The molecule has 2 aromatic rings. The Morgan fingerprint density at radius 2 is 2.00 bits per heavy atom. The monoisotopic (exact) mass is 390 g/mol. The first-order chi connectivity index (χ1) is 13.0. The highest BCUT2D eigenvalue weighted by Gasteiger charge is 2.25. The molecule has 0 aliphatic heterocycles. The summed E-state index contributed by atoms with van der Waals surface area (Å²) in [6.07, 6.45) is 2.97. The van der Waals surface area contributed by atoms with E-state index in [9.17, 15) is 9.18 Å². The van der Waals surface area contributed by atoms with Crippen LogP contribution in [0.15, 0.2) is 42.5 Å². The molecule has 1 fully saturated rings. The van der Waals surface area contributed by atoms with Crippen LogP contribution in [0.5, 0.6) is 5.75 Å². The second-order valence-electron chi connectivity index (χ2n) is 6.96. The number of carbonyl (C=O) groups is 1. The Bertz CT molecular complexity index is 779. The molecule has 3 rings (SSSR count). The molecule has 0 radical (unpaired) electrons. The molecule has 0 heterocycles. The fraction of sp³-hybridized carbons (Fsp3) is 0.381. The van der Waals surface area contributed by atoms with Gasteiger partial charge in [0.05, 0.1) is 13.5 Å². The van der Waals surface area contributed by atoms with E-state index in [-0.39, 0.29) is 18.4 Å². The van der Waals surface area contributed by atoms with Crippen LogP contribution in [0, 0.1) is 5.82 Å². The van der Waals surface area contributed by atoms with E-state index in [1.54, 1.807) is 13.2 Å². The zero-order valence-electron chi connectivity index (χ0n) is 15.3. The minimum Gasteiger partial charge on any atom is -0.497 e. The van der Waals surface area contributed by atoms with Gasteiger partial charge in [0.25, 0.3) is 0 Å². The van der Waals surface area contributed by atoms with Gasteiger partial charge in [-0.1, -0.05) is 23.7 Å². The number of ether oxygens (including phenoxy) is 1. The third kappa shape index (κ3) is 5.94. The molecule has 0 spiro atoms. The molecule has 1 saturated carbocycles. The molecule has 1 aliphatic carbocycles. The summed E-state index contributed by atoms with van der Waals surface area (Å²) in [4.78, 5) is 12.2. The lowest BCUT2D eigenvalue weighted by Gasteiger charge is -2.15. The zero-order valence-corrected chi connectivity index (χ0v) is 16.1. The summed E-state index contributed by atoms with van der Waals surface area (Å²) >= 11 is 5.84. The highest BCUT2D eigenvalue weighted by Crippen LogP contribution is 2.21. The van der Waals surface area contributed by atoms with Gasteiger partial charge in [-0.05, 0) is 60.7 Å². The maximum Gasteiger partial charge on any atom is 0.224 e. The second-order valence-corrected chi connectivity index (χ2v) is 7.40. The molecule has 2 aromatic carbocycles. The number of hydrogen-bond acceptors (Lipinski definition) is 3. The summed E-state index contributed by atoms with van der Waals surface area (Å²) in [5, 5.41) is 6.90. The topological polar surface area (TPSA) is 50.4 Å². The largest absolute Gasteiger partial charge is 0.497 e. The van der Waals surface area contributed by atoms with Crippen molar-refractivity contribution in [1.29, 1.82) is 0 Å². The van der Waals surface area contributed by atoms with E-state index in [0.29, 0.717) is 16.6 Å². The Morgan fingerprint density at radius 1 is 1.19 bits per heavy atom. The van der Waals surface area contributed by atoms with Gasteiger partial charge in [0.2, 0.25) is 5.91 Å². The fourth-order valence-corrected chi connectivity index (χ4v) is 3.76. The van der Waals surface area contributed by atoms with E-state index in [0.717, 1.165) is 31.6 Å². The van der Waals surface area contributed by atoms with Crippen LogP contribution in [-0.4, -0.2) is 25.1 Å². The number of methoxy groups -OCH3 is 1. The summed E-state index contributed by atoms with van der Waals surface area (Å²) in [6, 6.07) is 12.7. The van der Waals surface area contributed by atoms with Crippen molar-refractivity contribution in [3.8, 4) is 5.75 Å². The molecule has 0 saturated heterocycles. The lowest BCUT2D eigenvalue weighted by Crippen LogP contribution is -2.36. The Labute approximate surface area is 164 Å². The van der Waals surface area contributed by atoms with Crippen LogP contribution in [0.3, 0.4) is 0 Å². The molecule has 2 N–H and O–H groups in total. The molecular formula is C21H24ClFN2O2. The Kier molecular flexibility index (Phi) is 6.69. The van der Waals surface area contributed by atoms with E-state index in [1.807, 2.05) is 18.2 Å². The number of benzene rings is 2. The van der Waals surface area contributed by atoms with Crippen molar-refractivity contribution in [3.63, 3.8) is 0 Å². The number of hydrogen-bond donors (Lipinski definition) is 2. The molecule has 2 atom stereocenters. The lowest BCUT2D eigenvalue weighted by atomic mass is 10.1. The number of rotatable bonds is 7. The standard InChI is InChI=1S/C21H24ClFN2O2/c1-27-20-4-2-3-14(9-20)13-24-18-5-6-19(12-18)25-21(26)10-15-7-16(22)11-17(23)8-15/h2-4,7-9,11,18-19,24H,5-6,10,12-13H2,1H3,(H,25,26)/t18-,19-/m0/s1. The van der Waals surface area contributed by atoms with Gasteiger partial charge in [-0.2, -0.15) is 0 Å². The van der Waals surface area contributed by atoms with Crippen molar-refractivity contribution in [2.75, 3.05) is 7.11 Å². The summed E-state index contributed by atoms with van der Waals surface area (Å²) in [7, 11) is 1.66. The van der Waals surface area contributed by atoms with Crippen LogP contribution in [0.1, 0.15) is 30.4 Å². The smallest absolute Gasteiger partial charge is 0.224 e. The first-order valence-electron chi connectivity index (χ1n) is 9.12. The van der Waals surface area contributed by atoms with Crippen molar-refractivity contribution < 1.29 is 13.9 Å². The molecule has 0 unspecified atom stereocenters. The minimum atomic E-state index is -0.423. The van der Waals surface area contributed by atoms with Crippen LogP contribution in [0.2, 0.25) is 5.02 Å². The molecule has 27 heavy (non-hydrogen) atoms. The first-order valence-corrected chi connectivity index (χ1v) is 9.50. The van der Waals surface area contributed by atoms with Crippen molar-refractivity contribution in [1.82, 2.24) is 10.6 Å². The zero-order chi connectivity index (χ0) is 19.2. The summed E-state index contributed by atoms with van der Waals surface area (Å²) in [5.74, 6) is 0.325. The molecular weight excluding hydrogens is 367 g/mol. The molecule has 0 aromatic heterocycles. The van der Waals surface area contributed by atoms with Crippen LogP contribution >= 0.6 is 11.6 Å². The van der Waals surface area contributed by atoms with Crippen LogP contribution in [0.4, 0.5) is 4.39 Å². The van der Waals surface area contributed by atoms with E-state index in [2.05, 4.69) is 16.7 Å². The van der Waals surface area contributed by atoms with E-state index in [4.69, 9.17) is 16.3 Å². The number of carbonyl (C=O) groups excluding carboxylic acids is 1. The maximum atomic E-state index is 13.4. The van der Waals surface area contributed by atoms with Gasteiger partial charge in [-0.15, -0.1) is 0 Å². The van der Waals surface area contributed by atoms with Gasteiger partial charge in [-0.3, -0.25) is 4.79 Å². The van der Waals surface area contributed by atoms with Gasteiger partial charge in [0, 0.05) is 23.7 Å². The Morgan fingerprint density at radius 3 is 2.78 bits per heavy atom. The summed E-state index contributed by atoms with van der Waals surface area (Å²) in [6.45, 7) is 0.768. The SMILES string of the molecule is COc1cccc(CN[C@H]2CC[C@H](NC(=O)Cc3cc(F)cc(Cl)c3)C2)c1. The summed E-state index contributed by atoms with van der Waals surface area (Å²) < 4.78 is 18.6. The Balaban J connectivity index is 1.44. The second kappa shape index (κ2) is 9.20. The first kappa shape index (κ1) is 19.6. The van der Waals surface area contributed by atoms with Crippen molar-refractivity contribution >= 4 is 17.5 Å². The van der Waals surface area contributed by atoms with Crippen LogP contribution in [0.25, 0.3) is 0 Å². The van der Waals surface area contributed by atoms with Gasteiger partial charge >= 0.3 is 0 Å². The average Bonchev–Trinajstić information content (AvgIpc) is 3.06. The number of amides is 1. The quantitative estimate of drug-likeness (QED) is 0.754. The summed E-state index contributed by atoms with van der Waals surface area (Å²) in [5.41, 5.74) is 1.76. The van der Waals surface area contributed by atoms with Crippen molar-refractivity contribution in [2.45, 2.75) is 44.3 Å². The van der Waals surface area contributed by atoms with E-state index >= 15 is 0 Å². The number of nitrogens with one attached hydrogen (secondary N) is 2. The van der Waals surface area contributed by atoms with E-state index < -0.39 is 5.82 Å². The number of halogens is 2. The van der Waals surface area contributed by atoms with Gasteiger partial charge in [-0.25, -0.2) is 4.39 Å². The van der Waals surface area contributed by atoms with Gasteiger partial charge in [0.1, 0.15) is 11.6 Å². The van der Waals surface area contributed by atoms with Crippen LogP contribution < -0.4 is 15.4 Å². The van der Waals surface area contributed by atoms with Crippen molar-refractivity contribution in [3.05, 3.63) is 64.4 Å². The predicted octanol–water partition coefficient (Wildman–Crippen LogP) is 3.86. The molecule has 1 amide bonds. The molecule has 1 aliphatic rings. The predicted molar refractivity (Wildman–Crippen MR) is 105 cm³/mol. The fourth-order valence-electron chi connectivity index (χ4n) is 3.52. The highest BCUT2D eigenvalue weighted by molar-refractivity contribution is 6.30. The molecule has 144 valence electrons. The molecule has 0 bridgehead atoms. The third-order valence-corrected chi connectivity index (χ3v) is 5.03. The third-order valence-electron chi connectivity index (χ3n) is 4.81. The van der Waals surface area contributed by atoms with Gasteiger partial charge < -0.3 is 15.4 Å². The average molecular weight is 391 g/mol. The normalized spacial score (nSPS) is 19.1. The molecule has 6 heteroatoms. The molecule has 4 nitrogen and oxygen atoms in total. The van der Waals surface area contributed by atoms with Crippen molar-refractivity contribution in [2.24, 2.45) is 0 Å². The Hall–Kier alpha value is -2.11. The van der Waals surface area contributed by atoms with Gasteiger partial charge in [0.15, 0.2) is 0 Å². The maximum absolute atomic E-state index is 13.4. The van der Waals surface area contributed by atoms with E-state index in [1.165, 1.54) is 17.7 Å².